The van der Waals surface area contributed by atoms with Gasteiger partial charge in [-0.3, -0.25) is 5.10 Å². The molecule has 3 nitrogen and oxygen atoms in total. The molecule has 0 atom stereocenters. The van der Waals surface area contributed by atoms with Crippen molar-refractivity contribution in [1.82, 2.24) is 10.2 Å². The van der Waals surface area contributed by atoms with Gasteiger partial charge in [-0.1, -0.05) is 11.6 Å². The summed E-state index contributed by atoms with van der Waals surface area (Å²) in [5.74, 6) is 0. The molecule has 66 valence electrons. The minimum absolute atomic E-state index is 0.640. The minimum atomic E-state index is 0.640. The number of nitrogens with one attached hydrogen (secondary N) is 1. The van der Waals surface area contributed by atoms with E-state index in [0.29, 0.717) is 10.7 Å². The van der Waals surface area contributed by atoms with Crippen molar-refractivity contribution < 1.29 is 0 Å². The number of benzene rings is 1. The first-order valence-electron chi connectivity index (χ1n) is 3.82. The van der Waals surface area contributed by atoms with Crippen LogP contribution in [0.5, 0.6) is 0 Å². The molecule has 2 rings (SSSR count). The maximum Gasteiger partial charge on any atom is 0.0670 e. The quantitative estimate of drug-likeness (QED) is 0.683. The number of anilines is 1. The van der Waals surface area contributed by atoms with Gasteiger partial charge in [0.15, 0.2) is 0 Å². The van der Waals surface area contributed by atoms with Crippen LogP contribution in [0, 0.1) is 0 Å². The van der Waals surface area contributed by atoms with Gasteiger partial charge in [-0.25, -0.2) is 0 Å². The fourth-order valence-corrected chi connectivity index (χ4v) is 1.37. The Balaban J connectivity index is 2.53. The predicted molar refractivity (Wildman–Crippen MR) is 53.4 cm³/mol. The molecule has 1 heterocycles. The summed E-state index contributed by atoms with van der Waals surface area (Å²) in [6.07, 6.45) is 1.68. The van der Waals surface area contributed by atoms with Crippen LogP contribution in [0.3, 0.4) is 0 Å². The van der Waals surface area contributed by atoms with Crippen LogP contribution in [0.25, 0.3) is 11.3 Å². The van der Waals surface area contributed by atoms with E-state index in [1.54, 1.807) is 18.3 Å². The van der Waals surface area contributed by atoms with Crippen LogP contribution >= 0.6 is 11.6 Å². The first-order chi connectivity index (χ1) is 6.27. The Morgan fingerprint density at radius 2 is 2.15 bits per heavy atom. The van der Waals surface area contributed by atoms with E-state index in [0.717, 1.165) is 11.3 Å². The van der Waals surface area contributed by atoms with Crippen molar-refractivity contribution in [1.29, 1.82) is 0 Å². The van der Waals surface area contributed by atoms with Crippen molar-refractivity contribution in [2.75, 3.05) is 5.73 Å². The highest BCUT2D eigenvalue weighted by molar-refractivity contribution is 6.31. The number of nitrogens with zero attached hydrogens (tertiary/aromatic N) is 1. The van der Waals surface area contributed by atoms with Gasteiger partial charge in [0.25, 0.3) is 0 Å². The Hall–Kier alpha value is -1.48. The summed E-state index contributed by atoms with van der Waals surface area (Å²) in [7, 11) is 0. The number of H-pyrrole nitrogens is 1. The molecule has 2 aromatic rings. The molecule has 13 heavy (non-hydrogen) atoms. The number of aromatic amines is 1. The SMILES string of the molecule is Nc1cc(Cl)ccc1-c1ccn[nH]1. The van der Waals surface area contributed by atoms with E-state index in [1.807, 2.05) is 12.1 Å². The molecule has 1 aromatic carbocycles. The van der Waals surface area contributed by atoms with E-state index in [2.05, 4.69) is 10.2 Å². The van der Waals surface area contributed by atoms with E-state index in [-0.39, 0.29) is 0 Å². The molecule has 0 fully saturated rings. The van der Waals surface area contributed by atoms with Crippen LogP contribution in [-0.2, 0) is 0 Å². The maximum atomic E-state index is 5.78. The summed E-state index contributed by atoms with van der Waals surface area (Å²) in [5.41, 5.74) is 8.25. The summed E-state index contributed by atoms with van der Waals surface area (Å²) in [4.78, 5) is 0. The normalized spacial score (nSPS) is 10.2. The monoisotopic (exact) mass is 193 g/mol. The van der Waals surface area contributed by atoms with E-state index < -0.39 is 0 Å². The minimum Gasteiger partial charge on any atom is -0.398 e. The fraction of sp³-hybridized carbons (Fsp3) is 0. The Kier molecular flexibility index (Phi) is 1.94. The Morgan fingerprint density at radius 3 is 2.77 bits per heavy atom. The summed E-state index contributed by atoms with van der Waals surface area (Å²) >= 11 is 5.77. The lowest BCUT2D eigenvalue weighted by Gasteiger charge is -2.02. The van der Waals surface area contributed by atoms with Gasteiger partial charge in [0.2, 0.25) is 0 Å². The fourth-order valence-electron chi connectivity index (χ4n) is 1.18. The van der Waals surface area contributed by atoms with Crippen LogP contribution in [0.4, 0.5) is 5.69 Å². The Morgan fingerprint density at radius 1 is 1.31 bits per heavy atom. The van der Waals surface area contributed by atoms with Crippen LogP contribution in [-0.4, -0.2) is 10.2 Å². The lowest BCUT2D eigenvalue weighted by Crippen LogP contribution is -1.89. The van der Waals surface area contributed by atoms with Crippen LogP contribution < -0.4 is 5.73 Å². The van der Waals surface area contributed by atoms with Gasteiger partial charge in [-0.2, -0.15) is 5.10 Å². The zero-order chi connectivity index (χ0) is 9.26. The molecule has 0 saturated heterocycles. The second-order valence-corrected chi connectivity index (χ2v) is 3.14. The number of hydrogen-bond acceptors (Lipinski definition) is 2. The smallest absolute Gasteiger partial charge is 0.0670 e. The second kappa shape index (κ2) is 3.11. The molecule has 0 aliphatic carbocycles. The number of nitrogen functional groups attached to an aromatic ring is 1. The number of halogens is 1. The Bertz CT molecular complexity index is 409. The van der Waals surface area contributed by atoms with Crippen molar-refractivity contribution in [3.63, 3.8) is 0 Å². The average Bonchev–Trinajstić information content (AvgIpc) is 2.56. The molecular weight excluding hydrogens is 186 g/mol. The molecule has 0 aliphatic heterocycles. The molecule has 0 unspecified atom stereocenters. The number of nitrogens with two attached hydrogens (primary N) is 1. The number of hydrogen-bond donors (Lipinski definition) is 2. The average molecular weight is 194 g/mol. The van der Waals surface area contributed by atoms with Crippen molar-refractivity contribution in [3.05, 3.63) is 35.5 Å². The lowest BCUT2D eigenvalue weighted by atomic mass is 10.1. The Labute approximate surface area is 80.5 Å². The van der Waals surface area contributed by atoms with E-state index >= 15 is 0 Å². The van der Waals surface area contributed by atoms with Crippen molar-refractivity contribution >= 4 is 17.3 Å². The molecule has 1 aromatic heterocycles. The summed E-state index contributed by atoms with van der Waals surface area (Å²) in [6.45, 7) is 0. The third-order valence-corrected chi connectivity index (χ3v) is 2.04. The van der Waals surface area contributed by atoms with Gasteiger partial charge in [0.05, 0.1) is 5.69 Å². The lowest BCUT2D eigenvalue weighted by molar-refractivity contribution is 1.10. The standard InChI is InChI=1S/C9H8ClN3/c10-6-1-2-7(8(11)5-6)9-3-4-12-13-9/h1-5H,11H2,(H,12,13). The molecule has 0 radical (unpaired) electrons. The first kappa shape index (κ1) is 8.13. The summed E-state index contributed by atoms with van der Waals surface area (Å²) in [6, 6.07) is 7.25. The largest absolute Gasteiger partial charge is 0.398 e. The van der Waals surface area contributed by atoms with Gasteiger partial charge in [-0.05, 0) is 24.3 Å². The van der Waals surface area contributed by atoms with Gasteiger partial charge < -0.3 is 5.73 Å². The highest BCUT2D eigenvalue weighted by atomic mass is 35.5. The van der Waals surface area contributed by atoms with Gasteiger partial charge >= 0.3 is 0 Å². The number of aromatic nitrogens is 2. The van der Waals surface area contributed by atoms with Crippen molar-refractivity contribution in [2.24, 2.45) is 0 Å². The highest BCUT2D eigenvalue weighted by Crippen LogP contribution is 2.26. The van der Waals surface area contributed by atoms with Gasteiger partial charge in [0.1, 0.15) is 0 Å². The summed E-state index contributed by atoms with van der Waals surface area (Å²) in [5, 5.41) is 7.33. The molecule has 0 amide bonds. The molecular formula is C9H8ClN3. The van der Waals surface area contributed by atoms with Crippen LogP contribution in [0.1, 0.15) is 0 Å². The zero-order valence-electron chi connectivity index (χ0n) is 6.79. The molecule has 0 saturated carbocycles. The first-order valence-corrected chi connectivity index (χ1v) is 4.20. The second-order valence-electron chi connectivity index (χ2n) is 2.70. The third kappa shape index (κ3) is 1.51. The molecule has 3 N–H and O–H groups in total. The van der Waals surface area contributed by atoms with Crippen molar-refractivity contribution in [3.8, 4) is 11.3 Å². The third-order valence-electron chi connectivity index (χ3n) is 1.80. The van der Waals surface area contributed by atoms with Crippen LogP contribution in [0.2, 0.25) is 5.02 Å². The highest BCUT2D eigenvalue weighted by Gasteiger charge is 2.03. The molecule has 0 aliphatic rings. The van der Waals surface area contributed by atoms with Crippen LogP contribution in [0.15, 0.2) is 30.5 Å². The number of rotatable bonds is 1. The molecule has 4 heteroatoms. The summed E-state index contributed by atoms with van der Waals surface area (Å²) < 4.78 is 0. The zero-order valence-corrected chi connectivity index (χ0v) is 7.55. The maximum absolute atomic E-state index is 5.78. The van der Waals surface area contributed by atoms with E-state index in [9.17, 15) is 0 Å². The van der Waals surface area contributed by atoms with E-state index in [1.165, 1.54) is 0 Å². The predicted octanol–water partition coefficient (Wildman–Crippen LogP) is 2.31. The van der Waals surface area contributed by atoms with Gasteiger partial charge in [0, 0.05) is 22.5 Å². The topological polar surface area (TPSA) is 54.7 Å². The molecule has 0 bridgehead atoms. The molecule has 0 spiro atoms. The van der Waals surface area contributed by atoms with Crippen molar-refractivity contribution in [2.45, 2.75) is 0 Å². The van der Waals surface area contributed by atoms with E-state index in [4.69, 9.17) is 17.3 Å². The van der Waals surface area contributed by atoms with Gasteiger partial charge in [-0.15, -0.1) is 0 Å².